The highest BCUT2D eigenvalue weighted by Gasteiger charge is 2.26. The van der Waals surface area contributed by atoms with Gasteiger partial charge in [-0.1, -0.05) is 26.8 Å². The van der Waals surface area contributed by atoms with Crippen molar-refractivity contribution in [1.29, 1.82) is 0 Å². The van der Waals surface area contributed by atoms with E-state index in [4.69, 9.17) is 10.5 Å². The van der Waals surface area contributed by atoms with E-state index >= 15 is 0 Å². The van der Waals surface area contributed by atoms with Crippen LogP contribution in [0.4, 0.5) is 4.39 Å². The summed E-state index contributed by atoms with van der Waals surface area (Å²) in [6, 6.07) is 5.24. The minimum absolute atomic E-state index is 0.0684. The molecule has 0 spiro atoms. The average Bonchev–Trinajstić information content (AvgIpc) is 2.27. The quantitative estimate of drug-likeness (QED) is 0.868. The summed E-state index contributed by atoms with van der Waals surface area (Å²) in [5, 5.41) is 0. The van der Waals surface area contributed by atoms with E-state index in [1.54, 1.807) is 12.1 Å². The molecule has 0 heterocycles. The molecule has 0 aliphatic heterocycles. The highest BCUT2D eigenvalue weighted by atomic mass is 19.1. The Kier molecular flexibility index (Phi) is 5.15. The molecule has 0 saturated carbocycles. The van der Waals surface area contributed by atoms with Gasteiger partial charge in [0.05, 0.1) is 6.61 Å². The third-order valence-electron chi connectivity index (χ3n) is 3.16. The molecule has 3 heteroatoms. The van der Waals surface area contributed by atoms with E-state index in [2.05, 4.69) is 20.8 Å². The Balaban J connectivity index is 3.03. The molecule has 1 aromatic carbocycles. The van der Waals surface area contributed by atoms with Crippen molar-refractivity contribution in [2.45, 2.75) is 40.0 Å². The van der Waals surface area contributed by atoms with Crippen molar-refractivity contribution in [1.82, 2.24) is 0 Å². The molecule has 0 radical (unpaired) electrons. The normalized spacial score (nSPS) is 13.4. The van der Waals surface area contributed by atoms with Gasteiger partial charge in [0.1, 0.15) is 0 Å². The summed E-state index contributed by atoms with van der Waals surface area (Å²) in [6.45, 7) is 9.39. The van der Waals surface area contributed by atoms with Crippen LogP contribution in [-0.2, 0) is 0 Å². The maximum absolute atomic E-state index is 13.9. The van der Waals surface area contributed by atoms with Crippen molar-refractivity contribution in [3.05, 3.63) is 29.6 Å². The molecule has 0 aliphatic rings. The van der Waals surface area contributed by atoms with E-state index in [1.807, 2.05) is 13.0 Å². The third kappa shape index (κ3) is 3.70. The van der Waals surface area contributed by atoms with E-state index in [-0.39, 0.29) is 17.2 Å². The molecule has 2 N–H and O–H groups in total. The summed E-state index contributed by atoms with van der Waals surface area (Å²) in [4.78, 5) is 0. The molecule has 1 unspecified atom stereocenters. The van der Waals surface area contributed by atoms with Gasteiger partial charge in [-0.25, -0.2) is 4.39 Å². The van der Waals surface area contributed by atoms with Gasteiger partial charge in [0.15, 0.2) is 11.6 Å². The molecule has 0 amide bonds. The summed E-state index contributed by atoms with van der Waals surface area (Å²) >= 11 is 0. The molecular formula is C15H24FNO. The van der Waals surface area contributed by atoms with E-state index in [0.717, 1.165) is 12.0 Å². The Hall–Kier alpha value is -1.09. The third-order valence-corrected chi connectivity index (χ3v) is 3.16. The summed E-state index contributed by atoms with van der Waals surface area (Å²) in [7, 11) is 0. The lowest BCUT2D eigenvalue weighted by Gasteiger charge is -2.31. The molecule has 0 aromatic heterocycles. The first kappa shape index (κ1) is 15.0. The van der Waals surface area contributed by atoms with Crippen LogP contribution in [0.15, 0.2) is 18.2 Å². The zero-order chi connectivity index (χ0) is 13.8. The highest BCUT2D eigenvalue weighted by molar-refractivity contribution is 5.32. The van der Waals surface area contributed by atoms with E-state index in [9.17, 15) is 4.39 Å². The monoisotopic (exact) mass is 253 g/mol. The van der Waals surface area contributed by atoms with Crippen molar-refractivity contribution >= 4 is 0 Å². The fourth-order valence-corrected chi connectivity index (χ4v) is 2.27. The van der Waals surface area contributed by atoms with Gasteiger partial charge in [-0.2, -0.15) is 0 Å². The van der Waals surface area contributed by atoms with Crippen LogP contribution in [0.2, 0.25) is 0 Å². The zero-order valence-corrected chi connectivity index (χ0v) is 11.8. The molecule has 18 heavy (non-hydrogen) atoms. The Morgan fingerprint density at radius 2 is 2.00 bits per heavy atom. The second kappa shape index (κ2) is 6.19. The molecule has 0 saturated heterocycles. The van der Waals surface area contributed by atoms with Crippen LogP contribution >= 0.6 is 0 Å². The first-order chi connectivity index (χ1) is 8.40. The standard InChI is InChI=1S/C15H24FNO/c1-5-18-14-7-6-11(10-13(14)16)12(8-9-17)15(2,3)4/h6-7,10,12H,5,8-9,17H2,1-4H3. The molecule has 1 atom stereocenters. The van der Waals surface area contributed by atoms with E-state index in [1.165, 1.54) is 0 Å². The van der Waals surface area contributed by atoms with Gasteiger partial charge < -0.3 is 10.5 Å². The van der Waals surface area contributed by atoms with Crippen LogP contribution < -0.4 is 10.5 Å². The minimum atomic E-state index is -0.291. The minimum Gasteiger partial charge on any atom is -0.491 e. The Bertz CT molecular complexity index is 385. The molecule has 102 valence electrons. The van der Waals surface area contributed by atoms with Gasteiger partial charge in [0.25, 0.3) is 0 Å². The van der Waals surface area contributed by atoms with Gasteiger partial charge in [0, 0.05) is 0 Å². The summed E-state index contributed by atoms with van der Waals surface area (Å²) < 4.78 is 19.1. The average molecular weight is 253 g/mol. The Morgan fingerprint density at radius 1 is 1.33 bits per heavy atom. The lowest BCUT2D eigenvalue weighted by molar-refractivity contribution is 0.303. The van der Waals surface area contributed by atoms with Crippen molar-refractivity contribution in [2.75, 3.05) is 13.2 Å². The zero-order valence-electron chi connectivity index (χ0n) is 11.8. The van der Waals surface area contributed by atoms with Crippen molar-refractivity contribution in [3.63, 3.8) is 0 Å². The molecular weight excluding hydrogens is 229 g/mol. The molecule has 0 bridgehead atoms. The SMILES string of the molecule is CCOc1ccc(C(CCN)C(C)(C)C)cc1F. The van der Waals surface area contributed by atoms with Gasteiger partial charge >= 0.3 is 0 Å². The van der Waals surface area contributed by atoms with Crippen molar-refractivity contribution < 1.29 is 9.13 Å². The van der Waals surface area contributed by atoms with Crippen LogP contribution in [0.1, 0.15) is 45.6 Å². The van der Waals surface area contributed by atoms with Crippen molar-refractivity contribution in [3.8, 4) is 5.75 Å². The topological polar surface area (TPSA) is 35.2 Å². The largest absolute Gasteiger partial charge is 0.491 e. The van der Waals surface area contributed by atoms with Crippen LogP contribution in [0.5, 0.6) is 5.75 Å². The van der Waals surface area contributed by atoms with Crippen LogP contribution in [0, 0.1) is 11.2 Å². The molecule has 0 aliphatic carbocycles. The van der Waals surface area contributed by atoms with Crippen LogP contribution in [0.25, 0.3) is 0 Å². The molecule has 2 nitrogen and oxygen atoms in total. The summed E-state index contributed by atoms with van der Waals surface area (Å²) in [5.41, 5.74) is 6.72. The fourth-order valence-electron chi connectivity index (χ4n) is 2.27. The number of rotatable bonds is 5. The highest BCUT2D eigenvalue weighted by Crippen LogP contribution is 2.38. The number of benzene rings is 1. The molecule has 1 aromatic rings. The van der Waals surface area contributed by atoms with Gasteiger partial charge in [0.2, 0.25) is 0 Å². The lowest BCUT2D eigenvalue weighted by Crippen LogP contribution is -2.21. The predicted octanol–water partition coefficient (Wildman–Crippen LogP) is 3.70. The number of hydrogen-bond acceptors (Lipinski definition) is 2. The fraction of sp³-hybridized carbons (Fsp3) is 0.600. The Labute approximate surface area is 109 Å². The van der Waals surface area contributed by atoms with Gasteiger partial charge in [-0.15, -0.1) is 0 Å². The first-order valence-corrected chi connectivity index (χ1v) is 6.52. The van der Waals surface area contributed by atoms with Crippen molar-refractivity contribution in [2.24, 2.45) is 11.1 Å². The maximum Gasteiger partial charge on any atom is 0.165 e. The Morgan fingerprint density at radius 3 is 2.44 bits per heavy atom. The lowest BCUT2D eigenvalue weighted by atomic mass is 9.74. The van der Waals surface area contributed by atoms with Gasteiger partial charge in [-0.05, 0) is 48.9 Å². The smallest absolute Gasteiger partial charge is 0.165 e. The van der Waals surface area contributed by atoms with E-state index < -0.39 is 0 Å². The second-order valence-electron chi connectivity index (χ2n) is 5.62. The molecule has 0 fully saturated rings. The number of hydrogen-bond donors (Lipinski definition) is 1. The summed E-state index contributed by atoms with van der Waals surface area (Å²) in [5.74, 6) is 0.287. The molecule has 1 rings (SSSR count). The number of nitrogens with two attached hydrogens (primary N) is 1. The summed E-state index contributed by atoms with van der Waals surface area (Å²) in [6.07, 6.45) is 0.858. The number of ether oxygens (including phenoxy) is 1. The first-order valence-electron chi connectivity index (χ1n) is 6.52. The van der Waals surface area contributed by atoms with Crippen LogP contribution in [0.3, 0.4) is 0 Å². The number of halogens is 1. The van der Waals surface area contributed by atoms with E-state index in [0.29, 0.717) is 18.9 Å². The maximum atomic E-state index is 13.9. The van der Waals surface area contributed by atoms with Crippen LogP contribution in [-0.4, -0.2) is 13.2 Å². The predicted molar refractivity (Wildman–Crippen MR) is 73.4 cm³/mol. The second-order valence-corrected chi connectivity index (χ2v) is 5.62. The van der Waals surface area contributed by atoms with Gasteiger partial charge in [-0.3, -0.25) is 0 Å².